The number of benzene rings is 2. The van der Waals surface area contributed by atoms with Crippen molar-refractivity contribution >= 4 is 29.2 Å². The average molecular weight is 334 g/mol. The second-order valence-electron chi connectivity index (χ2n) is 5.49. The second-order valence-corrected chi connectivity index (χ2v) is 6.31. The topological polar surface area (TPSA) is 50.4 Å². The SMILES string of the molecule is Cc1ccccc1C1CC(c2ccc(Cl)c(Cl)c2)N=C(N)N1. The first kappa shape index (κ1) is 15.2. The summed E-state index contributed by atoms with van der Waals surface area (Å²) in [5.41, 5.74) is 9.49. The van der Waals surface area contributed by atoms with E-state index in [9.17, 15) is 0 Å². The standard InChI is InChI=1S/C17H17Cl2N3/c1-10-4-2-3-5-12(10)16-9-15(21-17(20)22-16)11-6-7-13(18)14(19)8-11/h2-8,15-16H,9H2,1H3,(H3,20,21,22). The maximum absolute atomic E-state index is 6.12. The lowest BCUT2D eigenvalue weighted by atomic mass is 9.92. The third-order valence-electron chi connectivity index (χ3n) is 3.97. The zero-order valence-corrected chi connectivity index (χ0v) is 13.7. The van der Waals surface area contributed by atoms with Gasteiger partial charge in [-0.1, -0.05) is 53.5 Å². The smallest absolute Gasteiger partial charge is 0.189 e. The van der Waals surface area contributed by atoms with Crippen molar-refractivity contribution in [3.05, 3.63) is 69.2 Å². The number of halogens is 2. The highest BCUT2D eigenvalue weighted by Crippen LogP contribution is 2.35. The molecule has 0 radical (unpaired) electrons. The lowest BCUT2D eigenvalue weighted by Gasteiger charge is -2.29. The molecule has 0 saturated carbocycles. The molecule has 2 unspecified atom stereocenters. The molecular formula is C17H17Cl2N3. The first-order valence-electron chi connectivity index (χ1n) is 7.15. The van der Waals surface area contributed by atoms with Gasteiger partial charge in [0.1, 0.15) is 0 Å². The van der Waals surface area contributed by atoms with Gasteiger partial charge in [-0.2, -0.15) is 0 Å². The fourth-order valence-electron chi connectivity index (χ4n) is 2.83. The van der Waals surface area contributed by atoms with E-state index in [4.69, 9.17) is 28.9 Å². The van der Waals surface area contributed by atoms with Crippen molar-refractivity contribution in [3.8, 4) is 0 Å². The van der Waals surface area contributed by atoms with E-state index in [0.29, 0.717) is 16.0 Å². The lowest BCUT2D eigenvalue weighted by Crippen LogP contribution is -2.39. The number of nitrogens with zero attached hydrogens (tertiary/aromatic N) is 1. The summed E-state index contributed by atoms with van der Waals surface area (Å²) in [5.74, 6) is 0.454. The van der Waals surface area contributed by atoms with Crippen LogP contribution in [0.1, 0.15) is 35.2 Å². The van der Waals surface area contributed by atoms with Crippen LogP contribution in [0.25, 0.3) is 0 Å². The largest absolute Gasteiger partial charge is 0.370 e. The van der Waals surface area contributed by atoms with Crippen LogP contribution in [0.15, 0.2) is 47.5 Å². The number of aliphatic imine (C=N–C) groups is 1. The number of nitrogens with two attached hydrogens (primary N) is 1. The van der Waals surface area contributed by atoms with Crippen molar-refractivity contribution in [2.45, 2.75) is 25.4 Å². The van der Waals surface area contributed by atoms with Gasteiger partial charge in [0.05, 0.1) is 22.1 Å². The number of aryl methyl sites for hydroxylation is 1. The monoisotopic (exact) mass is 333 g/mol. The van der Waals surface area contributed by atoms with E-state index >= 15 is 0 Å². The molecule has 5 heteroatoms. The van der Waals surface area contributed by atoms with Crippen molar-refractivity contribution in [1.82, 2.24) is 5.32 Å². The van der Waals surface area contributed by atoms with Gasteiger partial charge in [-0.15, -0.1) is 0 Å². The Morgan fingerprint density at radius 2 is 1.91 bits per heavy atom. The predicted octanol–water partition coefficient (Wildman–Crippen LogP) is 4.39. The van der Waals surface area contributed by atoms with Gasteiger partial charge in [-0.25, -0.2) is 4.99 Å². The molecule has 3 nitrogen and oxygen atoms in total. The molecule has 0 aliphatic carbocycles. The number of hydrogen-bond donors (Lipinski definition) is 2. The normalized spacial score (nSPS) is 21.1. The van der Waals surface area contributed by atoms with Crippen LogP contribution in [0.2, 0.25) is 10.0 Å². The van der Waals surface area contributed by atoms with Crippen LogP contribution in [-0.4, -0.2) is 5.96 Å². The molecule has 2 aromatic rings. The van der Waals surface area contributed by atoms with Gasteiger partial charge in [0.25, 0.3) is 0 Å². The van der Waals surface area contributed by atoms with Gasteiger partial charge in [0.2, 0.25) is 0 Å². The molecule has 114 valence electrons. The maximum atomic E-state index is 6.12. The van der Waals surface area contributed by atoms with Crippen molar-refractivity contribution in [1.29, 1.82) is 0 Å². The van der Waals surface area contributed by atoms with E-state index < -0.39 is 0 Å². The molecule has 22 heavy (non-hydrogen) atoms. The van der Waals surface area contributed by atoms with E-state index in [1.54, 1.807) is 6.07 Å². The summed E-state index contributed by atoms with van der Waals surface area (Å²) in [6, 6.07) is 14.0. The highest BCUT2D eigenvalue weighted by atomic mass is 35.5. The Hall–Kier alpha value is -1.71. The van der Waals surface area contributed by atoms with Gasteiger partial charge in [-0.05, 0) is 42.2 Å². The second kappa shape index (κ2) is 6.19. The third kappa shape index (κ3) is 3.06. The van der Waals surface area contributed by atoms with E-state index in [1.165, 1.54) is 11.1 Å². The molecule has 2 aromatic carbocycles. The Morgan fingerprint density at radius 3 is 2.64 bits per heavy atom. The Balaban J connectivity index is 1.92. The van der Waals surface area contributed by atoms with Gasteiger partial charge in [0, 0.05) is 0 Å². The van der Waals surface area contributed by atoms with Gasteiger partial charge < -0.3 is 11.1 Å². The summed E-state index contributed by atoms with van der Waals surface area (Å²) in [4.78, 5) is 4.51. The van der Waals surface area contributed by atoms with Crippen LogP contribution in [-0.2, 0) is 0 Å². The molecule has 1 heterocycles. The van der Waals surface area contributed by atoms with Crippen LogP contribution in [0.3, 0.4) is 0 Å². The van der Waals surface area contributed by atoms with Crippen LogP contribution in [0.4, 0.5) is 0 Å². The zero-order chi connectivity index (χ0) is 15.7. The molecule has 3 rings (SSSR count). The van der Waals surface area contributed by atoms with Crippen LogP contribution in [0, 0.1) is 6.92 Å². The highest BCUT2D eigenvalue weighted by molar-refractivity contribution is 6.42. The minimum atomic E-state index is -0.0272. The Labute approximate surface area is 140 Å². The summed E-state index contributed by atoms with van der Waals surface area (Å²) < 4.78 is 0. The third-order valence-corrected chi connectivity index (χ3v) is 4.71. The van der Waals surface area contributed by atoms with E-state index in [2.05, 4.69) is 29.4 Å². The van der Waals surface area contributed by atoms with E-state index in [-0.39, 0.29) is 12.1 Å². The quantitative estimate of drug-likeness (QED) is 0.856. The lowest BCUT2D eigenvalue weighted by molar-refractivity contribution is 0.486. The number of nitrogens with one attached hydrogen (secondary N) is 1. The minimum absolute atomic E-state index is 0.0272. The molecule has 0 bridgehead atoms. The average Bonchev–Trinajstić information content (AvgIpc) is 2.50. The Bertz CT molecular complexity index is 728. The van der Waals surface area contributed by atoms with Gasteiger partial charge in [0.15, 0.2) is 5.96 Å². The molecule has 0 spiro atoms. The van der Waals surface area contributed by atoms with Crippen LogP contribution >= 0.6 is 23.2 Å². The fourth-order valence-corrected chi connectivity index (χ4v) is 3.14. The summed E-state index contributed by atoms with van der Waals surface area (Å²) in [5, 5.41) is 4.36. The van der Waals surface area contributed by atoms with Crippen molar-refractivity contribution < 1.29 is 0 Å². The number of hydrogen-bond acceptors (Lipinski definition) is 3. The molecule has 3 N–H and O–H groups in total. The fraction of sp³-hybridized carbons (Fsp3) is 0.235. The molecule has 0 fully saturated rings. The predicted molar refractivity (Wildman–Crippen MR) is 92.5 cm³/mol. The first-order chi connectivity index (χ1) is 10.5. The highest BCUT2D eigenvalue weighted by Gasteiger charge is 2.25. The van der Waals surface area contributed by atoms with E-state index in [1.807, 2.05) is 24.3 Å². The van der Waals surface area contributed by atoms with Crippen LogP contribution < -0.4 is 11.1 Å². The van der Waals surface area contributed by atoms with Gasteiger partial charge in [-0.3, -0.25) is 0 Å². The zero-order valence-electron chi connectivity index (χ0n) is 12.2. The summed E-state index contributed by atoms with van der Waals surface area (Å²) in [7, 11) is 0. The summed E-state index contributed by atoms with van der Waals surface area (Å²) >= 11 is 12.1. The first-order valence-corrected chi connectivity index (χ1v) is 7.90. The number of rotatable bonds is 2. The molecule has 0 aromatic heterocycles. The van der Waals surface area contributed by atoms with Crippen molar-refractivity contribution in [2.24, 2.45) is 10.7 Å². The van der Waals surface area contributed by atoms with Crippen molar-refractivity contribution in [2.75, 3.05) is 0 Å². The Morgan fingerprint density at radius 1 is 1.14 bits per heavy atom. The molecule has 2 atom stereocenters. The molecule has 0 amide bonds. The minimum Gasteiger partial charge on any atom is -0.370 e. The molecule has 1 aliphatic rings. The van der Waals surface area contributed by atoms with Gasteiger partial charge >= 0.3 is 0 Å². The van der Waals surface area contributed by atoms with E-state index in [0.717, 1.165) is 12.0 Å². The summed E-state index contributed by atoms with van der Waals surface area (Å²) in [6.07, 6.45) is 0.823. The maximum Gasteiger partial charge on any atom is 0.189 e. The molecule has 0 saturated heterocycles. The number of guanidine groups is 1. The molecule has 1 aliphatic heterocycles. The van der Waals surface area contributed by atoms with Crippen molar-refractivity contribution in [3.63, 3.8) is 0 Å². The van der Waals surface area contributed by atoms with Crippen LogP contribution in [0.5, 0.6) is 0 Å². The summed E-state index contributed by atoms with van der Waals surface area (Å²) in [6.45, 7) is 2.10. The molecular weight excluding hydrogens is 317 g/mol. The Kier molecular flexibility index (Phi) is 4.27.